The SMILES string of the molecule is CC(C)CSC(C)C(C)C(=O)NC(C)(C)C. The standard InChI is InChI=1S/C13H27NOS/c1-9(2)8-16-11(4)10(3)12(15)14-13(5,6)7/h9-11H,8H2,1-7H3,(H,14,15). The van der Waals surface area contributed by atoms with Gasteiger partial charge in [0.1, 0.15) is 0 Å². The maximum atomic E-state index is 11.9. The monoisotopic (exact) mass is 245 g/mol. The van der Waals surface area contributed by atoms with Crippen LogP contribution < -0.4 is 5.32 Å². The highest BCUT2D eigenvalue weighted by Gasteiger charge is 2.24. The maximum absolute atomic E-state index is 11.9. The minimum atomic E-state index is -0.131. The number of carbonyl (C=O) groups excluding carboxylic acids is 1. The molecule has 0 saturated carbocycles. The molecular weight excluding hydrogens is 218 g/mol. The molecule has 0 aromatic rings. The van der Waals surface area contributed by atoms with Gasteiger partial charge in [-0.3, -0.25) is 4.79 Å². The van der Waals surface area contributed by atoms with E-state index >= 15 is 0 Å². The Morgan fingerprint density at radius 2 is 1.69 bits per heavy atom. The first-order valence-corrected chi connectivity index (χ1v) is 7.12. The van der Waals surface area contributed by atoms with E-state index in [-0.39, 0.29) is 17.4 Å². The summed E-state index contributed by atoms with van der Waals surface area (Å²) in [4.78, 5) is 11.9. The summed E-state index contributed by atoms with van der Waals surface area (Å²) >= 11 is 1.89. The molecule has 0 aliphatic heterocycles. The van der Waals surface area contributed by atoms with Crippen LogP contribution in [0.2, 0.25) is 0 Å². The van der Waals surface area contributed by atoms with Crippen molar-refractivity contribution in [3.8, 4) is 0 Å². The predicted molar refractivity (Wildman–Crippen MR) is 73.8 cm³/mol. The van der Waals surface area contributed by atoms with E-state index < -0.39 is 0 Å². The summed E-state index contributed by atoms with van der Waals surface area (Å²) in [5.74, 6) is 2.04. The van der Waals surface area contributed by atoms with E-state index in [1.54, 1.807) is 0 Å². The van der Waals surface area contributed by atoms with E-state index in [4.69, 9.17) is 0 Å². The Bertz CT molecular complexity index is 220. The Hall–Kier alpha value is -0.180. The van der Waals surface area contributed by atoms with E-state index in [1.165, 1.54) is 0 Å². The lowest BCUT2D eigenvalue weighted by Crippen LogP contribution is -2.45. The molecule has 2 atom stereocenters. The molecule has 0 rings (SSSR count). The average Bonchev–Trinajstić information content (AvgIpc) is 2.10. The zero-order chi connectivity index (χ0) is 12.9. The number of nitrogens with one attached hydrogen (secondary N) is 1. The molecule has 0 heterocycles. The van der Waals surface area contributed by atoms with Gasteiger partial charge in [-0.2, -0.15) is 11.8 Å². The molecule has 0 radical (unpaired) electrons. The first kappa shape index (κ1) is 15.8. The van der Waals surface area contributed by atoms with Crippen LogP contribution in [0.4, 0.5) is 0 Å². The first-order chi connectivity index (χ1) is 7.13. The van der Waals surface area contributed by atoms with Crippen molar-refractivity contribution < 1.29 is 4.79 Å². The number of hydrogen-bond acceptors (Lipinski definition) is 2. The van der Waals surface area contributed by atoms with E-state index in [9.17, 15) is 4.79 Å². The van der Waals surface area contributed by atoms with Gasteiger partial charge in [0.2, 0.25) is 5.91 Å². The van der Waals surface area contributed by atoms with Crippen molar-refractivity contribution in [1.29, 1.82) is 0 Å². The van der Waals surface area contributed by atoms with Crippen LogP contribution in [0.5, 0.6) is 0 Å². The molecular formula is C13H27NOS. The molecule has 16 heavy (non-hydrogen) atoms. The molecule has 0 spiro atoms. The Kier molecular flexibility index (Phi) is 6.46. The topological polar surface area (TPSA) is 29.1 Å². The van der Waals surface area contributed by atoms with Crippen LogP contribution in [0.25, 0.3) is 0 Å². The van der Waals surface area contributed by atoms with Crippen molar-refractivity contribution in [1.82, 2.24) is 5.32 Å². The molecule has 0 fully saturated rings. The maximum Gasteiger partial charge on any atom is 0.224 e. The highest BCUT2D eigenvalue weighted by Crippen LogP contribution is 2.22. The molecule has 0 aromatic heterocycles. The van der Waals surface area contributed by atoms with Crippen LogP contribution in [0.1, 0.15) is 48.5 Å². The summed E-state index contributed by atoms with van der Waals surface area (Å²) in [6, 6.07) is 0. The quantitative estimate of drug-likeness (QED) is 0.805. The van der Waals surface area contributed by atoms with Crippen LogP contribution >= 0.6 is 11.8 Å². The van der Waals surface area contributed by atoms with E-state index in [0.717, 1.165) is 5.75 Å². The smallest absolute Gasteiger partial charge is 0.224 e. The lowest BCUT2D eigenvalue weighted by molar-refractivity contribution is -0.125. The summed E-state index contributed by atoms with van der Waals surface area (Å²) in [5.41, 5.74) is -0.131. The predicted octanol–water partition coefficient (Wildman–Crippen LogP) is 3.31. The van der Waals surface area contributed by atoms with Gasteiger partial charge in [-0.05, 0) is 32.4 Å². The second-order valence-electron chi connectivity index (χ2n) is 5.96. The van der Waals surface area contributed by atoms with Gasteiger partial charge >= 0.3 is 0 Å². The lowest BCUT2D eigenvalue weighted by Gasteiger charge is -2.26. The Labute approximate surface area is 105 Å². The Morgan fingerprint density at radius 1 is 1.19 bits per heavy atom. The van der Waals surface area contributed by atoms with Crippen LogP contribution in [-0.4, -0.2) is 22.4 Å². The number of hydrogen-bond donors (Lipinski definition) is 1. The van der Waals surface area contributed by atoms with E-state index in [1.807, 2.05) is 39.5 Å². The fourth-order valence-corrected chi connectivity index (χ4v) is 2.29. The van der Waals surface area contributed by atoms with Crippen molar-refractivity contribution in [2.24, 2.45) is 11.8 Å². The molecule has 1 amide bonds. The second kappa shape index (κ2) is 6.53. The third-order valence-corrected chi connectivity index (χ3v) is 4.10. The molecule has 0 bridgehead atoms. The minimum absolute atomic E-state index is 0.0722. The summed E-state index contributed by atoms with van der Waals surface area (Å²) in [5, 5.41) is 3.41. The third-order valence-electron chi connectivity index (χ3n) is 2.31. The van der Waals surface area contributed by atoms with Gasteiger partial charge in [0.25, 0.3) is 0 Å². The van der Waals surface area contributed by atoms with Gasteiger partial charge < -0.3 is 5.32 Å². The number of rotatable bonds is 5. The van der Waals surface area contributed by atoms with Gasteiger partial charge in [-0.15, -0.1) is 0 Å². The van der Waals surface area contributed by atoms with E-state index in [2.05, 4.69) is 26.1 Å². The molecule has 2 nitrogen and oxygen atoms in total. The van der Waals surface area contributed by atoms with E-state index in [0.29, 0.717) is 11.2 Å². The van der Waals surface area contributed by atoms with Crippen LogP contribution in [-0.2, 0) is 4.79 Å². The Balaban J connectivity index is 4.12. The van der Waals surface area contributed by atoms with Crippen LogP contribution in [0.3, 0.4) is 0 Å². The highest BCUT2D eigenvalue weighted by molar-refractivity contribution is 7.99. The first-order valence-electron chi connectivity index (χ1n) is 6.07. The lowest BCUT2D eigenvalue weighted by atomic mass is 10.0. The fraction of sp³-hybridized carbons (Fsp3) is 0.923. The molecule has 0 aliphatic rings. The molecule has 0 aromatic carbocycles. The fourth-order valence-electron chi connectivity index (χ4n) is 1.19. The molecule has 3 heteroatoms. The average molecular weight is 245 g/mol. The largest absolute Gasteiger partial charge is 0.351 e. The van der Waals surface area contributed by atoms with Crippen molar-refractivity contribution in [3.63, 3.8) is 0 Å². The molecule has 96 valence electrons. The molecule has 1 N–H and O–H groups in total. The second-order valence-corrected chi connectivity index (χ2v) is 7.37. The van der Waals surface area contributed by atoms with Crippen molar-refractivity contribution >= 4 is 17.7 Å². The minimum Gasteiger partial charge on any atom is -0.351 e. The molecule has 2 unspecified atom stereocenters. The summed E-state index contributed by atoms with van der Waals surface area (Å²) in [7, 11) is 0. The zero-order valence-electron chi connectivity index (χ0n) is 11.8. The number of carbonyl (C=O) groups is 1. The number of amides is 1. The van der Waals surface area contributed by atoms with Crippen molar-refractivity contribution in [2.75, 3.05) is 5.75 Å². The van der Waals surface area contributed by atoms with Gasteiger partial charge in [0.05, 0.1) is 0 Å². The molecule has 0 saturated heterocycles. The number of thioether (sulfide) groups is 1. The van der Waals surface area contributed by atoms with Gasteiger partial charge in [0, 0.05) is 16.7 Å². The summed E-state index contributed by atoms with van der Waals surface area (Å²) in [6.07, 6.45) is 0. The van der Waals surface area contributed by atoms with Crippen LogP contribution in [0, 0.1) is 11.8 Å². The zero-order valence-corrected chi connectivity index (χ0v) is 12.6. The van der Waals surface area contributed by atoms with Crippen molar-refractivity contribution in [2.45, 2.75) is 59.3 Å². The molecule has 0 aliphatic carbocycles. The highest BCUT2D eigenvalue weighted by atomic mass is 32.2. The summed E-state index contributed by atoms with van der Waals surface area (Å²) < 4.78 is 0. The van der Waals surface area contributed by atoms with Gasteiger partial charge in [-0.1, -0.05) is 27.7 Å². The third kappa shape index (κ3) is 7.15. The normalized spacial score (nSPS) is 16.0. The van der Waals surface area contributed by atoms with Gasteiger partial charge in [0.15, 0.2) is 0 Å². The van der Waals surface area contributed by atoms with Crippen molar-refractivity contribution in [3.05, 3.63) is 0 Å². The van der Waals surface area contributed by atoms with Gasteiger partial charge in [-0.25, -0.2) is 0 Å². The Morgan fingerprint density at radius 3 is 2.06 bits per heavy atom. The summed E-state index contributed by atoms with van der Waals surface area (Å²) in [6.45, 7) is 14.6. The van der Waals surface area contributed by atoms with Crippen LogP contribution in [0.15, 0.2) is 0 Å².